The van der Waals surface area contributed by atoms with Crippen molar-refractivity contribution < 1.29 is 32.1 Å². The number of β-amino-alcohol motifs (C(OH)–C–C–N with tert-alkyl or cyclic N) is 1. The molecule has 0 aliphatic carbocycles. The number of benzene rings is 1. The number of alkyl halides is 3. The van der Waals surface area contributed by atoms with E-state index >= 15 is 4.39 Å². The lowest BCUT2D eigenvalue weighted by Gasteiger charge is -2.31. The maximum atomic E-state index is 15.0. The van der Waals surface area contributed by atoms with Gasteiger partial charge in [-0.3, -0.25) is 4.90 Å². The molecule has 8 rings (SSSR count). The highest BCUT2D eigenvalue weighted by Gasteiger charge is 2.49. The number of thiophene rings is 1. The van der Waals surface area contributed by atoms with Crippen molar-refractivity contribution in [3.63, 3.8) is 0 Å². The Morgan fingerprint density at radius 3 is 2.86 bits per heavy atom. The standard InChI is InChI=1S/C32H33F4N9O3S/c1-31(46)13-43(8-9-47-14-31)28-21-22-24(42(2)27(21)39-30(40-28)48-15-32-6-3-7-44(32)12-16(33)10-32)23(45(41-22)29(35)36)17-4-5-19(34)25-20(17)18(11-37)26(38)49-25/h4-5,16,29,46H,3,6-10,12-15,38H2,1-2H3/t16-,31+,32+/m1/s1. The monoisotopic (exact) mass is 699 g/mol. The number of nitrogens with zero attached hydrogens (tertiary/aromatic N) is 8. The zero-order chi connectivity index (χ0) is 34.4. The Morgan fingerprint density at radius 2 is 2.08 bits per heavy atom. The van der Waals surface area contributed by atoms with Crippen LogP contribution in [-0.2, 0) is 11.8 Å². The average molecular weight is 700 g/mol. The van der Waals surface area contributed by atoms with E-state index in [9.17, 15) is 23.5 Å². The van der Waals surface area contributed by atoms with Gasteiger partial charge in [0.2, 0.25) is 0 Å². The van der Waals surface area contributed by atoms with Gasteiger partial charge in [0, 0.05) is 37.5 Å². The molecule has 1 aromatic carbocycles. The minimum absolute atomic E-state index is 0.00364. The summed E-state index contributed by atoms with van der Waals surface area (Å²) in [5.41, 5.74) is 5.08. The first-order chi connectivity index (χ1) is 23.4. The van der Waals surface area contributed by atoms with E-state index in [0.717, 1.165) is 36.8 Å². The molecule has 0 radical (unpaired) electrons. The van der Waals surface area contributed by atoms with Crippen LogP contribution < -0.4 is 15.4 Å². The Bertz CT molecular complexity index is 2180. The number of hydrogen-bond acceptors (Lipinski definition) is 11. The molecule has 3 atom stereocenters. The Balaban J connectivity index is 1.37. The molecular formula is C32H33F4N9O3S. The van der Waals surface area contributed by atoms with E-state index in [1.54, 1.807) is 23.4 Å². The molecule has 3 saturated heterocycles. The molecule has 0 spiro atoms. The number of aryl methyl sites for hydroxylation is 1. The Labute approximate surface area is 281 Å². The molecule has 4 aromatic heterocycles. The lowest BCUT2D eigenvalue weighted by Crippen LogP contribution is -2.44. The van der Waals surface area contributed by atoms with Crippen molar-refractivity contribution in [2.24, 2.45) is 7.05 Å². The van der Waals surface area contributed by atoms with Gasteiger partial charge in [0.1, 0.15) is 46.6 Å². The van der Waals surface area contributed by atoms with Crippen molar-refractivity contribution >= 4 is 54.3 Å². The zero-order valence-electron chi connectivity index (χ0n) is 26.7. The van der Waals surface area contributed by atoms with Gasteiger partial charge in [-0.15, -0.1) is 11.3 Å². The van der Waals surface area contributed by atoms with Crippen LogP contribution in [0.2, 0.25) is 0 Å². The summed E-state index contributed by atoms with van der Waals surface area (Å²) in [4.78, 5) is 13.4. The summed E-state index contributed by atoms with van der Waals surface area (Å²) in [6.45, 7) is 0.537. The Hall–Kier alpha value is -4.24. The molecular weight excluding hydrogens is 666 g/mol. The average Bonchev–Trinajstić information content (AvgIpc) is 3.81. The van der Waals surface area contributed by atoms with Crippen LogP contribution in [0.5, 0.6) is 6.01 Å². The first-order valence-electron chi connectivity index (χ1n) is 16.0. The van der Waals surface area contributed by atoms with Crippen molar-refractivity contribution in [1.82, 2.24) is 29.2 Å². The summed E-state index contributed by atoms with van der Waals surface area (Å²) in [7, 11) is 1.64. The fourth-order valence-corrected chi connectivity index (χ4v) is 8.85. The summed E-state index contributed by atoms with van der Waals surface area (Å²) in [5.74, 6) is -0.348. The minimum Gasteiger partial charge on any atom is -0.461 e. The second kappa shape index (κ2) is 11.4. The molecule has 3 aliphatic heterocycles. The molecule has 3 fully saturated rings. The zero-order valence-corrected chi connectivity index (χ0v) is 27.5. The third-order valence-corrected chi connectivity index (χ3v) is 11.0. The van der Waals surface area contributed by atoms with Crippen LogP contribution in [-0.4, -0.2) is 97.6 Å². The van der Waals surface area contributed by atoms with Gasteiger partial charge in [-0.1, -0.05) is 0 Å². The van der Waals surface area contributed by atoms with Gasteiger partial charge in [0.15, 0.2) is 5.65 Å². The van der Waals surface area contributed by atoms with Crippen molar-refractivity contribution in [3.8, 4) is 23.3 Å². The van der Waals surface area contributed by atoms with E-state index in [2.05, 4.69) is 10.00 Å². The lowest BCUT2D eigenvalue weighted by atomic mass is 9.95. The summed E-state index contributed by atoms with van der Waals surface area (Å²) in [6.07, 6.45) is 1.09. The number of anilines is 2. The number of nitriles is 1. The number of halogens is 4. The van der Waals surface area contributed by atoms with Crippen LogP contribution in [0.1, 0.15) is 38.3 Å². The predicted molar refractivity (Wildman–Crippen MR) is 175 cm³/mol. The number of hydrogen-bond donors (Lipinski definition) is 2. The van der Waals surface area contributed by atoms with Crippen molar-refractivity contribution in [2.45, 2.75) is 50.0 Å². The van der Waals surface area contributed by atoms with E-state index in [0.29, 0.717) is 41.0 Å². The van der Waals surface area contributed by atoms with Gasteiger partial charge < -0.3 is 29.8 Å². The summed E-state index contributed by atoms with van der Waals surface area (Å²) in [6, 6.07) is 4.50. The molecule has 7 heterocycles. The Kier molecular flexibility index (Phi) is 7.45. The number of aromatic nitrogens is 5. The quantitative estimate of drug-likeness (QED) is 0.239. The number of nitrogen functional groups attached to an aromatic ring is 1. The summed E-state index contributed by atoms with van der Waals surface area (Å²) < 4.78 is 73.4. The second-order valence-corrected chi connectivity index (χ2v) is 14.5. The van der Waals surface area contributed by atoms with Crippen LogP contribution in [0.3, 0.4) is 0 Å². The van der Waals surface area contributed by atoms with Gasteiger partial charge in [-0.2, -0.15) is 29.1 Å². The molecule has 258 valence electrons. The van der Waals surface area contributed by atoms with Crippen LogP contribution in [0.4, 0.5) is 28.4 Å². The van der Waals surface area contributed by atoms with Gasteiger partial charge in [-0.25, -0.2) is 13.5 Å². The van der Waals surface area contributed by atoms with Crippen LogP contribution >= 0.6 is 11.3 Å². The third-order valence-electron chi connectivity index (χ3n) is 9.98. The van der Waals surface area contributed by atoms with Gasteiger partial charge in [0.05, 0.1) is 52.2 Å². The van der Waals surface area contributed by atoms with Gasteiger partial charge >= 0.3 is 12.6 Å². The second-order valence-electron chi connectivity index (χ2n) is 13.4. The number of aliphatic hydroxyl groups is 1. The highest BCUT2D eigenvalue weighted by atomic mass is 32.1. The first kappa shape index (κ1) is 32.0. The maximum absolute atomic E-state index is 15.0. The normalized spacial score (nSPS) is 24.8. The smallest absolute Gasteiger partial charge is 0.333 e. The van der Waals surface area contributed by atoms with E-state index in [-0.39, 0.29) is 75.3 Å². The van der Waals surface area contributed by atoms with E-state index in [1.807, 2.05) is 6.07 Å². The first-order valence-corrected chi connectivity index (χ1v) is 16.8. The predicted octanol–water partition coefficient (Wildman–Crippen LogP) is 4.73. The van der Waals surface area contributed by atoms with Gasteiger partial charge in [-0.05, 0) is 38.4 Å². The largest absolute Gasteiger partial charge is 0.461 e. The molecule has 12 nitrogen and oxygen atoms in total. The number of rotatable bonds is 6. The van der Waals surface area contributed by atoms with E-state index < -0.39 is 29.7 Å². The Morgan fingerprint density at radius 1 is 1.27 bits per heavy atom. The minimum atomic E-state index is -3.11. The SMILES string of the molecule is Cn1c2nc(OC[C@@]34CCCN3C[C@H](F)C4)nc(N3CCOC[C@@](C)(O)C3)c2c2nn(C(F)F)c(-c3ccc(F)c4sc(N)c(C#N)c34)c21. The number of fused-ring (bicyclic) bond motifs is 5. The van der Waals surface area contributed by atoms with Crippen LogP contribution in [0.25, 0.3) is 43.4 Å². The molecule has 3 N–H and O–H groups in total. The highest BCUT2D eigenvalue weighted by molar-refractivity contribution is 7.23. The van der Waals surface area contributed by atoms with Crippen molar-refractivity contribution in [3.05, 3.63) is 23.5 Å². The molecule has 0 bridgehead atoms. The van der Waals surface area contributed by atoms with Crippen LogP contribution in [0, 0.1) is 17.1 Å². The molecule has 17 heteroatoms. The van der Waals surface area contributed by atoms with E-state index in [1.165, 1.54) is 6.07 Å². The molecule has 0 amide bonds. The molecule has 5 aromatic rings. The molecule has 49 heavy (non-hydrogen) atoms. The highest BCUT2D eigenvalue weighted by Crippen LogP contribution is 2.46. The van der Waals surface area contributed by atoms with Crippen LogP contribution in [0.15, 0.2) is 12.1 Å². The van der Waals surface area contributed by atoms with Gasteiger partial charge in [0.25, 0.3) is 0 Å². The van der Waals surface area contributed by atoms with E-state index in [4.69, 9.17) is 25.2 Å². The maximum Gasteiger partial charge on any atom is 0.333 e. The summed E-state index contributed by atoms with van der Waals surface area (Å²) >= 11 is 0.865. The summed E-state index contributed by atoms with van der Waals surface area (Å²) in [5, 5.41) is 25.9. The van der Waals surface area contributed by atoms with Crippen molar-refractivity contribution in [2.75, 3.05) is 56.6 Å². The lowest BCUT2D eigenvalue weighted by molar-refractivity contribution is -0.0123. The molecule has 0 saturated carbocycles. The fraction of sp³-hybridized carbons (Fsp3) is 0.500. The molecule has 3 aliphatic rings. The topological polar surface area (TPSA) is 144 Å². The number of ether oxygens (including phenoxy) is 2. The number of nitrogens with two attached hydrogens (primary N) is 1. The third kappa shape index (κ3) is 4.98. The van der Waals surface area contributed by atoms with Crippen molar-refractivity contribution in [1.29, 1.82) is 5.26 Å². The molecule has 0 unspecified atom stereocenters. The fourth-order valence-electron chi connectivity index (χ4n) is 7.90.